The molecule has 2 rings (SSSR count). The van der Waals surface area contributed by atoms with Crippen molar-refractivity contribution >= 4 is 22.4 Å². The van der Waals surface area contributed by atoms with Gasteiger partial charge in [-0.15, -0.1) is 11.3 Å². The van der Waals surface area contributed by atoms with Gasteiger partial charge in [0.1, 0.15) is 0 Å². The number of likely N-dealkylation sites (N-methyl/N-ethyl adjacent to an activating group) is 1. The summed E-state index contributed by atoms with van der Waals surface area (Å²) in [7, 11) is 3.56. The van der Waals surface area contributed by atoms with Gasteiger partial charge in [-0.25, -0.2) is 4.98 Å². The number of ether oxygens (including phenoxy) is 1. The number of thiazole rings is 1. The first-order valence-electron chi connectivity index (χ1n) is 6.40. The fraction of sp³-hybridized carbons (Fsp3) is 0.692. The normalized spacial score (nSPS) is 19.5. The van der Waals surface area contributed by atoms with Crippen LogP contribution in [0.4, 0.5) is 5.13 Å². The minimum Gasteiger partial charge on any atom is -0.469 e. The number of anilines is 1. The third-order valence-electron chi connectivity index (χ3n) is 3.68. The number of carbonyl (C=O) groups excluding carboxylic acids is 1. The Hall–Kier alpha value is -1.14. The maximum absolute atomic E-state index is 11.2. The van der Waals surface area contributed by atoms with E-state index in [9.17, 15) is 4.79 Å². The zero-order valence-corrected chi connectivity index (χ0v) is 12.8. The molecule has 1 aliphatic heterocycles. The van der Waals surface area contributed by atoms with Crippen LogP contribution < -0.4 is 4.90 Å². The van der Waals surface area contributed by atoms with Gasteiger partial charge >= 0.3 is 5.97 Å². The number of aromatic nitrogens is 1. The van der Waals surface area contributed by atoms with E-state index in [1.807, 2.05) is 5.38 Å². The average Bonchev–Trinajstić information content (AvgIpc) is 2.81. The van der Waals surface area contributed by atoms with Crippen molar-refractivity contribution in [2.75, 3.05) is 38.7 Å². The van der Waals surface area contributed by atoms with Gasteiger partial charge in [0, 0.05) is 30.6 Å². The third-order valence-corrected chi connectivity index (χ3v) is 4.63. The Morgan fingerprint density at radius 2 is 2.26 bits per heavy atom. The van der Waals surface area contributed by atoms with Crippen LogP contribution in [0.25, 0.3) is 0 Å². The molecule has 6 heteroatoms. The fourth-order valence-corrected chi connectivity index (χ4v) is 3.00. The number of hydrogen-bond acceptors (Lipinski definition) is 6. The molecule has 0 amide bonds. The summed E-state index contributed by atoms with van der Waals surface area (Å²) in [6, 6.07) is 0. The van der Waals surface area contributed by atoms with Crippen LogP contribution >= 0.6 is 11.3 Å². The molecule has 0 radical (unpaired) electrons. The van der Waals surface area contributed by atoms with Crippen molar-refractivity contribution in [2.24, 2.45) is 0 Å². The van der Waals surface area contributed by atoms with Gasteiger partial charge in [-0.05, 0) is 20.9 Å². The molecule has 0 bridgehead atoms. The predicted molar refractivity (Wildman–Crippen MR) is 76.8 cm³/mol. The topological polar surface area (TPSA) is 45.7 Å². The van der Waals surface area contributed by atoms with Crippen LogP contribution in [0, 0.1) is 0 Å². The summed E-state index contributed by atoms with van der Waals surface area (Å²) in [6.07, 6.45) is 0.254. The summed E-state index contributed by atoms with van der Waals surface area (Å²) in [6.45, 7) is 7.43. The molecule has 0 unspecified atom stereocenters. The van der Waals surface area contributed by atoms with Crippen LogP contribution in [-0.2, 0) is 16.0 Å². The summed E-state index contributed by atoms with van der Waals surface area (Å²) in [5.74, 6) is -0.240. The number of carbonyl (C=O) groups is 1. The van der Waals surface area contributed by atoms with E-state index < -0.39 is 0 Å². The van der Waals surface area contributed by atoms with Gasteiger partial charge < -0.3 is 9.64 Å². The molecule has 0 aromatic carbocycles. The Balaban J connectivity index is 2.05. The summed E-state index contributed by atoms with van der Waals surface area (Å²) < 4.78 is 4.66. The van der Waals surface area contributed by atoms with Crippen LogP contribution in [-0.4, -0.2) is 55.2 Å². The lowest BCUT2D eigenvalue weighted by atomic mass is 10.0. The number of methoxy groups -OCH3 is 1. The van der Waals surface area contributed by atoms with Gasteiger partial charge in [0.2, 0.25) is 0 Å². The number of nitrogens with zero attached hydrogens (tertiary/aromatic N) is 3. The molecule has 19 heavy (non-hydrogen) atoms. The zero-order chi connectivity index (χ0) is 14.0. The molecule has 0 spiro atoms. The average molecular weight is 283 g/mol. The molecule has 1 fully saturated rings. The van der Waals surface area contributed by atoms with E-state index in [2.05, 4.69) is 40.4 Å². The third kappa shape index (κ3) is 3.25. The first kappa shape index (κ1) is 14.3. The number of rotatable bonds is 3. The molecule has 0 aliphatic carbocycles. The van der Waals surface area contributed by atoms with Gasteiger partial charge in [-0.1, -0.05) is 0 Å². The van der Waals surface area contributed by atoms with Crippen molar-refractivity contribution in [1.29, 1.82) is 0 Å². The second kappa shape index (κ2) is 5.46. The van der Waals surface area contributed by atoms with Crippen molar-refractivity contribution in [1.82, 2.24) is 9.88 Å². The van der Waals surface area contributed by atoms with Crippen LogP contribution in [0.1, 0.15) is 19.5 Å². The van der Waals surface area contributed by atoms with Crippen molar-refractivity contribution in [3.8, 4) is 0 Å². The molecule has 106 valence electrons. The van der Waals surface area contributed by atoms with Gasteiger partial charge in [0.15, 0.2) is 5.13 Å². The molecular weight excluding hydrogens is 262 g/mol. The molecule has 2 heterocycles. The summed E-state index contributed by atoms with van der Waals surface area (Å²) in [4.78, 5) is 20.4. The van der Waals surface area contributed by atoms with Crippen LogP contribution in [0.15, 0.2) is 5.38 Å². The van der Waals surface area contributed by atoms with Gasteiger partial charge in [0.25, 0.3) is 0 Å². The Labute approximate surface area is 118 Å². The van der Waals surface area contributed by atoms with Gasteiger partial charge in [-0.2, -0.15) is 0 Å². The maximum Gasteiger partial charge on any atom is 0.311 e. The van der Waals surface area contributed by atoms with Crippen molar-refractivity contribution < 1.29 is 9.53 Å². The Bertz CT molecular complexity index is 458. The zero-order valence-electron chi connectivity index (χ0n) is 12.0. The molecule has 5 nitrogen and oxygen atoms in total. The van der Waals surface area contributed by atoms with Crippen molar-refractivity contribution in [3.05, 3.63) is 11.1 Å². The van der Waals surface area contributed by atoms with E-state index >= 15 is 0 Å². The predicted octanol–water partition coefficient (Wildman–Crippen LogP) is 1.39. The lowest BCUT2D eigenvalue weighted by molar-refractivity contribution is -0.139. The van der Waals surface area contributed by atoms with Gasteiger partial charge in [-0.3, -0.25) is 9.69 Å². The van der Waals surface area contributed by atoms with E-state index in [0.29, 0.717) is 0 Å². The first-order chi connectivity index (χ1) is 8.92. The Kier molecular flexibility index (Phi) is 4.10. The highest BCUT2D eigenvalue weighted by Gasteiger charge is 2.32. The monoisotopic (exact) mass is 283 g/mol. The quantitative estimate of drug-likeness (QED) is 0.785. The van der Waals surface area contributed by atoms with Crippen molar-refractivity contribution in [3.63, 3.8) is 0 Å². The smallest absolute Gasteiger partial charge is 0.311 e. The van der Waals surface area contributed by atoms with E-state index in [0.717, 1.165) is 30.5 Å². The minimum absolute atomic E-state index is 0.145. The lowest BCUT2D eigenvalue weighted by Gasteiger charge is -2.45. The molecule has 1 aliphatic rings. The highest BCUT2D eigenvalue weighted by Crippen LogP contribution is 2.27. The summed E-state index contributed by atoms with van der Waals surface area (Å²) in [5, 5.41) is 2.94. The standard InChI is InChI=1S/C13H21N3O2S/c1-13(2)9-16(6-5-15(13)3)12-14-10(8-19-12)7-11(17)18-4/h8H,5-7,9H2,1-4H3. The van der Waals surface area contributed by atoms with Crippen LogP contribution in [0.2, 0.25) is 0 Å². The number of hydrogen-bond donors (Lipinski definition) is 0. The Morgan fingerprint density at radius 3 is 2.89 bits per heavy atom. The maximum atomic E-state index is 11.2. The SMILES string of the molecule is COC(=O)Cc1csc(N2CCN(C)C(C)(C)C2)n1. The molecule has 0 atom stereocenters. The second-order valence-corrected chi connectivity index (χ2v) is 6.37. The lowest BCUT2D eigenvalue weighted by Crippen LogP contribution is -2.57. The highest BCUT2D eigenvalue weighted by molar-refractivity contribution is 7.13. The number of esters is 1. The summed E-state index contributed by atoms with van der Waals surface area (Å²) in [5.41, 5.74) is 0.940. The second-order valence-electron chi connectivity index (χ2n) is 5.53. The van der Waals surface area contributed by atoms with E-state index in [1.165, 1.54) is 7.11 Å². The van der Waals surface area contributed by atoms with Crippen LogP contribution in [0.5, 0.6) is 0 Å². The highest BCUT2D eigenvalue weighted by atomic mass is 32.1. The van der Waals surface area contributed by atoms with E-state index in [4.69, 9.17) is 0 Å². The first-order valence-corrected chi connectivity index (χ1v) is 7.28. The molecular formula is C13H21N3O2S. The minimum atomic E-state index is -0.240. The summed E-state index contributed by atoms with van der Waals surface area (Å²) >= 11 is 1.60. The Morgan fingerprint density at radius 1 is 1.53 bits per heavy atom. The van der Waals surface area contributed by atoms with Gasteiger partial charge in [0.05, 0.1) is 19.2 Å². The van der Waals surface area contributed by atoms with Crippen LogP contribution in [0.3, 0.4) is 0 Å². The van der Waals surface area contributed by atoms with E-state index in [1.54, 1.807) is 11.3 Å². The fourth-order valence-electron chi connectivity index (χ4n) is 2.15. The molecule has 1 aromatic rings. The molecule has 0 saturated carbocycles. The molecule has 1 saturated heterocycles. The van der Waals surface area contributed by atoms with E-state index in [-0.39, 0.29) is 17.9 Å². The number of piperazine rings is 1. The van der Waals surface area contributed by atoms with Crippen molar-refractivity contribution in [2.45, 2.75) is 25.8 Å². The molecule has 1 aromatic heterocycles. The molecule has 0 N–H and O–H groups in total. The largest absolute Gasteiger partial charge is 0.469 e.